The van der Waals surface area contributed by atoms with Crippen LogP contribution < -0.4 is 0 Å². The monoisotopic (exact) mass is 306 g/mol. The third-order valence-corrected chi connectivity index (χ3v) is 5.60. The third kappa shape index (κ3) is 2.88. The Balaban J connectivity index is 1.86. The molecular formula is C14H18N4O2S. The maximum absolute atomic E-state index is 11.5. The number of aromatic amines is 1. The summed E-state index contributed by atoms with van der Waals surface area (Å²) in [4.78, 5) is 27.1. The summed E-state index contributed by atoms with van der Waals surface area (Å²) in [6.45, 7) is 2.17. The average molecular weight is 306 g/mol. The number of imidazole rings is 1. The van der Waals surface area contributed by atoms with Crippen molar-refractivity contribution in [1.29, 1.82) is 0 Å². The fourth-order valence-electron chi connectivity index (χ4n) is 2.97. The number of H-pyrrole nitrogens is 1. The van der Waals surface area contributed by atoms with Crippen LogP contribution in [0.5, 0.6) is 0 Å². The Morgan fingerprint density at radius 3 is 3.05 bits per heavy atom. The minimum absolute atomic E-state index is 0.0580. The van der Waals surface area contributed by atoms with Gasteiger partial charge in [0.2, 0.25) is 0 Å². The van der Waals surface area contributed by atoms with E-state index in [4.69, 9.17) is 0 Å². The molecule has 1 aliphatic carbocycles. The smallest absolute Gasteiger partial charge is 0.307 e. The highest BCUT2D eigenvalue weighted by Crippen LogP contribution is 2.41. The second-order valence-electron chi connectivity index (χ2n) is 5.47. The minimum atomic E-state index is -0.697. The molecule has 2 aromatic heterocycles. The number of hydrogen-bond acceptors (Lipinski definition) is 5. The van der Waals surface area contributed by atoms with E-state index in [2.05, 4.69) is 26.9 Å². The quantitative estimate of drug-likeness (QED) is 0.844. The molecular weight excluding hydrogens is 288 g/mol. The minimum Gasteiger partial charge on any atom is -0.481 e. The van der Waals surface area contributed by atoms with Crippen LogP contribution >= 0.6 is 11.8 Å². The predicted molar refractivity (Wildman–Crippen MR) is 80.1 cm³/mol. The molecule has 2 N–H and O–H groups in total. The fourth-order valence-corrected chi connectivity index (χ4v) is 4.42. The summed E-state index contributed by atoms with van der Waals surface area (Å²) in [6.07, 6.45) is 6.87. The van der Waals surface area contributed by atoms with Crippen molar-refractivity contribution in [2.45, 2.75) is 42.9 Å². The highest BCUT2D eigenvalue weighted by Gasteiger charge is 2.35. The predicted octanol–water partition coefficient (Wildman–Crippen LogP) is 2.72. The van der Waals surface area contributed by atoms with Crippen molar-refractivity contribution in [1.82, 2.24) is 19.9 Å². The highest BCUT2D eigenvalue weighted by atomic mass is 32.2. The summed E-state index contributed by atoms with van der Waals surface area (Å²) in [5.41, 5.74) is 1.42. The normalized spacial score (nSPS) is 26.0. The lowest BCUT2D eigenvalue weighted by atomic mass is 9.80. The second kappa shape index (κ2) is 6.01. The molecule has 112 valence electrons. The second-order valence-corrected chi connectivity index (χ2v) is 6.70. The zero-order valence-electron chi connectivity index (χ0n) is 11.8. The molecule has 3 unspecified atom stereocenters. The zero-order chi connectivity index (χ0) is 14.8. The van der Waals surface area contributed by atoms with Gasteiger partial charge in [-0.15, -0.1) is 0 Å². The molecule has 1 aliphatic rings. The van der Waals surface area contributed by atoms with Crippen LogP contribution in [-0.4, -0.2) is 36.3 Å². The van der Waals surface area contributed by atoms with Crippen LogP contribution in [0.3, 0.4) is 0 Å². The lowest BCUT2D eigenvalue weighted by molar-refractivity contribution is -0.142. The van der Waals surface area contributed by atoms with Gasteiger partial charge < -0.3 is 10.1 Å². The zero-order valence-corrected chi connectivity index (χ0v) is 12.6. The van der Waals surface area contributed by atoms with E-state index >= 15 is 0 Å². The Kier molecular flexibility index (Phi) is 4.10. The lowest BCUT2D eigenvalue weighted by Crippen LogP contribution is -2.32. The maximum atomic E-state index is 11.5. The van der Waals surface area contributed by atoms with Gasteiger partial charge in [0.15, 0.2) is 5.65 Å². The number of thioether (sulfide) groups is 1. The molecule has 2 aromatic rings. The first-order valence-electron chi connectivity index (χ1n) is 7.22. The van der Waals surface area contributed by atoms with E-state index in [9.17, 15) is 9.90 Å². The van der Waals surface area contributed by atoms with E-state index in [0.29, 0.717) is 11.6 Å². The molecule has 0 aromatic carbocycles. The van der Waals surface area contributed by atoms with Crippen LogP contribution in [0.1, 0.15) is 32.6 Å². The number of hydrogen-bond donors (Lipinski definition) is 2. The number of aliphatic carboxylic acids is 1. The Morgan fingerprint density at radius 2 is 2.29 bits per heavy atom. The van der Waals surface area contributed by atoms with Gasteiger partial charge in [0, 0.05) is 5.25 Å². The Hall–Kier alpha value is -1.63. The molecule has 21 heavy (non-hydrogen) atoms. The first-order chi connectivity index (χ1) is 10.2. The van der Waals surface area contributed by atoms with Gasteiger partial charge in [-0.3, -0.25) is 4.79 Å². The van der Waals surface area contributed by atoms with Crippen LogP contribution in [0.15, 0.2) is 17.7 Å². The number of carboxylic acids is 1. The molecule has 0 spiro atoms. The first-order valence-corrected chi connectivity index (χ1v) is 8.10. The molecule has 2 heterocycles. The van der Waals surface area contributed by atoms with Crippen molar-refractivity contribution in [2.75, 3.05) is 0 Å². The molecule has 0 saturated heterocycles. The van der Waals surface area contributed by atoms with Gasteiger partial charge >= 0.3 is 5.97 Å². The Bertz CT molecular complexity index is 645. The van der Waals surface area contributed by atoms with Crippen LogP contribution in [-0.2, 0) is 4.79 Å². The van der Waals surface area contributed by atoms with Gasteiger partial charge in [-0.25, -0.2) is 15.0 Å². The van der Waals surface area contributed by atoms with Crippen molar-refractivity contribution in [2.24, 2.45) is 11.8 Å². The number of nitrogens with one attached hydrogen (secondary N) is 1. The SMILES string of the molecule is CCC1CCC(C(=O)O)C(Sc2ncnc3nc[nH]c23)C1. The highest BCUT2D eigenvalue weighted by molar-refractivity contribution is 8.00. The molecule has 6 nitrogen and oxygen atoms in total. The summed E-state index contributed by atoms with van der Waals surface area (Å²) in [5, 5.41) is 10.3. The topological polar surface area (TPSA) is 91.8 Å². The van der Waals surface area contributed by atoms with Gasteiger partial charge in [0.25, 0.3) is 0 Å². The van der Waals surface area contributed by atoms with Gasteiger partial charge in [0.05, 0.1) is 12.2 Å². The Morgan fingerprint density at radius 1 is 1.43 bits per heavy atom. The average Bonchev–Trinajstić information content (AvgIpc) is 2.96. The largest absolute Gasteiger partial charge is 0.481 e. The van der Waals surface area contributed by atoms with Crippen molar-refractivity contribution < 1.29 is 9.90 Å². The number of carboxylic acid groups (broad SMARTS) is 1. The van der Waals surface area contributed by atoms with Crippen molar-refractivity contribution in [3.8, 4) is 0 Å². The van der Waals surface area contributed by atoms with E-state index < -0.39 is 5.97 Å². The first kappa shape index (κ1) is 14.3. The number of aromatic nitrogens is 4. The Labute approximate surface area is 126 Å². The molecule has 7 heteroatoms. The van der Waals surface area contributed by atoms with Gasteiger partial charge in [0.1, 0.15) is 16.9 Å². The van der Waals surface area contributed by atoms with Crippen LogP contribution in [0.2, 0.25) is 0 Å². The van der Waals surface area contributed by atoms with Crippen LogP contribution in [0.25, 0.3) is 11.2 Å². The summed E-state index contributed by atoms with van der Waals surface area (Å²) in [7, 11) is 0. The van der Waals surface area contributed by atoms with Crippen molar-refractivity contribution in [3.05, 3.63) is 12.7 Å². The number of carbonyl (C=O) groups is 1. The summed E-state index contributed by atoms with van der Waals surface area (Å²) in [6, 6.07) is 0. The fraction of sp³-hybridized carbons (Fsp3) is 0.571. The molecule has 0 aliphatic heterocycles. The molecule has 3 atom stereocenters. The van der Waals surface area contributed by atoms with E-state index in [1.165, 1.54) is 6.33 Å². The van der Waals surface area contributed by atoms with Crippen molar-refractivity contribution >= 4 is 28.9 Å². The van der Waals surface area contributed by atoms with E-state index in [1.54, 1.807) is 18.1 Å². The molecule has 0 amide bonds. The molecule has 1 saturated carbocycles. The lowest BCUT2D eigenvalue weighted by Gasteiger charge is -2.32. The van der Waals surface area contributed by atoms with E-state index in [0.717, 1.165) is 36.2 Å². The maximum Gasteiger partial charge on any atom is 0.307 e. The molecule has 0 bridgehead atoms. The summed E-state index contributed by atoms with van der Waals surface area (Å²) >= 11 is 1.55. The summed E-state index contributed by atoms with van der Waals surface area (Å²) < 4.78 is 0. The van der Waals surface area contributed by atoms with Crippen LogP contribution in [0.4, 0.5) is 0 Å². The molecule has 0 radical (unpaired) electrons. The summed E-state index contributed by atoms with van der Waals surface area (Å²) in [5.74, 6) is -0.389. The van der Waals surface area contributed by atoms with Gasteiger partial charge in [-0.2, -0.15) is 0 Å². The number of nitrogens with zero attached hydrogens (tertiary/aromatic N) is 3. The molecule has 3 rings (SSSR count). The van der Waals surface area contributed by atoms with Crippen molar-refractivity contribution in [3.63, 3.8) is 0 Å². The van der Waals surface area contributed by atoms with Crippen LogP contribution in [0, 0.1) is 11.8 Å². The van der Waals surface area contributed by atoms with E-state index in [-0.39, 0.29) is 11.2 Å². The number of fused-ring (bicyclic) bond motifs is 1. The molecule has 1 fully saturated rings. The standard InChI is InChI=1S/C14H18N4O2S/c1-2-8-3-4-9(14(19)20)10(5-8)21-13-11-12(16-6-15-11)17-7-18-13/h6-10H,2-5H2,1H3,(H,19,20)(H,15,16,17,18). The van der Waals surface area contributed by atoms with Gasteiger partial charge in [-0.05, 0) is 25.2 Å². The third-order valence-electron chi connectivity index (χ3n) is 4.25. The van der Waals surface area contributed by atoms with Gasteiger partial charge in [-0.1, -0.05) is 25.1 Å². The number of rotatable bonds is 4. The van der Waals surface area contributed by atoms with E-state index in [1.807, 2.05) is 0 Å².